The first kappa shape index (κ1) is 12.5. The van der Waals surface area contributed by atoms with Crippen LogP contribution in [0.3, 0.4) is 0 Å². The van der Waals surface area contributed by atoms with Crippen molar-refractivity contribution >= 4 is 5.91 Å². The molecule has 0 bridgehead atoms. The van der Waals surface area contributed by atoms with Crippen LogP contribution in [0.25, 0.3) is 0 Å². The Hall–Kier alpha value is -0.610. The van der Waals surface area contributed by atoms with E-state index in [1.54, 1.807) is 0 Å². The Morgan fingerprint density at radius 2 is 2.13 bits per heavy atom. The van der Waals surface area contributed by atoms with Gasteiger partial charge in [-0.1, -0.05) is 13.8 Å². The minimum atomic E-state index is -0.113. The van der Waals surface area contributed by atoms with Crippen LogP contribution in [0.4, 0.5) is 0 Å². The number of aliphatic hydroxyl groups excluding tert-OH is 1. The van der Waals surface area contributed by atoms with Crippen molar-refractivity contribution < 1.29 is 9.90 Å². The van der Waals surface area contributed by atoms with Crippen molar-refractivity contribution in [2.24, 2.45) is 5.92 Å². The SMILES string of the molecule is CC(C)C(CO)NC(=O)CCNC1CC1. The summed E-state index contributed by atoms with van der Waals surface area (Å²) in [5, 5.41) is 15.2. The third-order valence-electron chi connectivity index (χ3n) is 2.71. The second-order valence-electron chi connectivity index (χ2n) is 4.58. The zero-order valence-electron chi connectivity index (χ0n) is 9.62. The number of amides is 1. The van der Waals surface area contributed by atoms with Gasteiger partial charge in [0.1, 0.15) is 0 Å². The van der Waals surface area contributed by atoms with Crippen LogP contribution in [0.15, 0.2) is 0 Å². The number of carbonyl (C=O) groups excluding carboxylic acids is 1. The van der Waals surface area contributed by atoms with Gasteiger partial charge in [-0.25, -0.2) is 0 Å². The monoisotopic (exact) mass is 214 g/mol. The molecule has 88 valence electrons. The largest absolute Gasteiger partial charge is 0.394 e. The van der Waals surface area contributed by atoms with Gasteiger partial charge in [0.2, 0.25) is 5.91 Å². The molecule has 3 N–H and O–H groups in total. The van der Waals surface area contributed by atoms with Crippen LogP contribution >= 0.6 is 0 Å². The first-order valence-electron chi connectivity index (χ1n) is 5.77. The molecule has 0 heterocycles. The number of carbonyl (C=O) groups is 1. The Bertz CT molecular complexity index is 203. The predicted octanol–water partition coefficient (Wildman–Crippen LogP) is 0.262. The van der Waals surface area contributed by atoms with E-state index in [1.165, 1.54) is 12.8 Å². The highest BCUT2D eigenvalue weighted by molar-refractivity contribution is 5.76. The second kappa shape index (κ2) is 6.08. The standard InChI is InChI=1S/C11H22N2O2/c1-8(2)10(7-14)13-11(15)5-6-12-9-3-4-9/h8-10,12,14H,3-7H2,1-2H3,(H,13,15). The van der Waals surface area contributed by atoms with Gasteiger partial charge >= 0.3 is 0 Å². The van der Waals surface area contributed by atoms with Gasteiger partial charge in [0.15, 0.2) is 0 Å². The van der Waals surface area contributed by atoms with Gasteiger partial charge in [0, 0.05) is 19.0 Å². The van der Waals surface area contributed by atoms with E-state index in [4.69, 9.17) is 5.11 Å². The molecule has 4 nitrogen and oxygen atoms in total. The minimum absolute atomic E-state index is 0.0134. The first-order valence-corrected chi connectivity index (χ1v) is 5.77. The van der Waals surface area contributed by atoms with Crippen LogP contribution < -0.4 is 10.6 Å². The van der Waals surface area contributed by atoms with Crippen LogP contribution in [-0.4, -0.2) is 36.2 Å². The molecular formula is C11H22N2O2. The maximum Gasteiger partial charge on any atom is 0.221 e. The molecule has 0 spiro atoms. The molecular weight excluding hydrogens is 192 g/mol. The molecule has 4 heteroatoms. The van der Waals surface area contributed by atoms with E-state index in [0.717, 1.165) is 6.54 Å². The molecule has 1 amide bonds. The van der Waals surface area contributed by atoms with Crippen LogP contribution in [-0.2, 0) is 4.79 Å². The Morgan fingerprint density at radius 3 is 2.60 bits per heavy atom. The molecule has 0 saturated heterocycles. The second-order valence-corrected chi connectivity index (χ2v) is 4.58. The predicted molar refractivity (Wildman–Crippen MR) is 59.5 cm³/mol. The first-order chi connectivity index (χ1) is 7.13. The molecule has 0 radical (unpaired) electrons. The van der Waals surface area contributed by atoms with Gasteiger partial charge in [-0.2, -0.15) is 0 Å². The van der Waals surface area contributed by atoms with E-state index < -0.39 is 0 Å². The summed E-state index contributed by atoms with van der Waals surface area (Å²) in [5.74, 6) is 0.297. The average molecular weight is 214 g/mol. The zero-order valence-corrected chi connectivity index (χ0v) is 9.62. The van der Waals surface area contributed by atoms with Gasteiger partial charge in [-0.15, -0.1) is 0 Å². The van der Waals surface area contributed by atoms with Crippen molar-refractivity contribution in [3.05, 3.63) is 0 Å². The molecule has 1 aliphatic carbocycles. The van der Waals surface area contributed by atoms with E-state index in [0.29, 0.717) is 12.5 Å². The highest BCUT2D eigenvalue weighted by atomic mass is 16.3. The molecule has 1 saturated carbocycles. The molecule has 1 aliphatic rings. The summed E-state index contributed by atoms with van der Waals surface area (Å²) < 4.78 is 0. The summed E-state index contributed by atoms with van der Waals surface area (Å²) in [5.41, 5.74) is 0. The van der Waals surface area contributed by atoms with Crippen molar-refractivity contribution in [3.8, 4) is 0 Å². The van der Waals surface area contributed by atoms with E-state index in [2.05, 4.69) is 10.6 Å². The molecule has 0 aromatic heterocycles. The molecule has 15 heavy (non-hydrogen) atoms. The molecule has 1 rings (SSSR count). The summed E-state index contributed by atoms with van der Waals surface area (Å²) >= 11 is 0. The smallest absolute Gasteiger partial charge is 0.221 e. The van der Waals surface area contributed by atoms with Gasteiger partial charge < -0.3 is 15.7 Å². The Labute approximate surface area is 91.4 Å². The maximum atomic E-state index is 11.5. The average Bonchev–Trinajstić information content (AvgIpc) is 2.97. The number of rotatable bonds is 7. The van der Waals surface area contributed by atoms with Crippen molar-refractivity contribution in [3.63, 3.8) is 0 Å². The van der Waals surface area contributed by atoms with Crippen molar-refractivity contribution in [2.75, 3.05) is 13.2 Å². The van der Waals surface area contributed by atoms with Crippen molar-refractivity contribution in [2.45, 2.75) is 45.2 Å². The quantitative estimate of drug-likeness (QED) is 0.570. The number of nitrogens with one attached hydrogen (secondary N) is 2. The fourth-order valence-electron chi connectivity index (χ4n) is 1.38. The van der Waals surface area contributed by atoms with E-state index in [-0.39, 0.29) is 24.5 Å². The summed E-state index contributed by atoms with van der Waals surface area (Å²) in [6, 6.07) is 0.537. The van der Waals surface area contributed by atoms with Crippen LogP contribution in [0.5, 0.6) is 0 Å². The van der Waals surface area contributed by atoms with Crippen molar-refractivity contribution in [1.29, 1.82) is 0 Å². The van der Waals surface area contributed by atoms with Gasteiger partial charge in [0.05, 0.1) is 12.6 Å². The van der Waals surface area contributed by atoms with Gasteiger partial charge in [-0.05, 0) is 18.8 Å². The Balaban J connectivity index is 2.09. The van der Waals surface area contributed by atoms with Crippen molar-refractivity contribution in [1.82, 2.24) is 10.6 Å². The summed E-state index contributed by atoms with van der Waals surface area (Å²) in [7, 11) is 0. The zero-order chi connectivity index (χ0) is 11.3. The van der Waals surface area contributed by atoms with Crippen LogP contribution in [0.1, 0.15) is 33.1 Å². The summed E-state index contributed by atoms with van der Waals surface area (Å²) in [6.45, 7) is 4.74. The third-order valence-corrected chi connectivity index (χ3v) is 2.71. The maximum absolute atomic E-state index is 11.5. The topological polar surface area (TPSA) is 61.4 Å². The normalized spacial score (nSPS) is 17.9. The van der Waals surface area contributed by atoms with Gasteiger partial charge in [0.25, 0.3) is 0 Å². The van der Waals surface area contributed by atoms with E-state index in [1.807, 2.05) is 13.8 Å². The lowest BCUT2D eigenvalue weighted by Gasteiger charge is -2.19. The highest BCUT2D eigenvalue weighted by Gasteiger charge is 2.20. The number of aliphatic hydroxyl groups is 1. The molecule has 0 aromatic rings. The summed E-state index contributed by atoms with van der Waals surface area (Å²) in [6.07, 6.45) is 2.99. The molecule has 1 atom stereocenters. The molecule has 1 unspecified atom stereocenters. The fourth-order valence-corrected chi connectivity index (χ4v) is 1.38. The molecule has 1 fully saturated rings. The lowest BCUT2D eigenvalue weighted by atomic mass is 10.1. The van der Waals surface area contributed by atoms with Crippen LogP contribution in [0.2, 0.25) is 0 Å². The Kier molecular flexibility index (Phi) is 5.05. The van der Waals surface area contributed by atoms with E-state index >= 15 is 0 Å². The lowest BCUT2D eigenvalue weighted by Crippen LogP contribution is -2.42. The molecule has 0 aromatic carbocycles. The fraction of sp³-hybridized carbons (Fsp3) is 0.909. The van der Waals surface area contributed by atoms with Crippen LogP contribution in [0, 0.1) is 5.92 Å². The number of hydrogen-bond donors (Lipinski definition) is 3. The lowest BCUT2D eigenvalue weighted by molar-refractivity contribution is -0.122. The molecule has 0 aliphatic heterocycles. The van der Waals surface area contributed by atoms with E-state index in [9.17, 15) is 4.79 Å². The highest BCUT2D eigenvalue weighted by Crippen LogP contribution is 2.18. The third kappa shape index (κ3) is 5.14. The summed E-state index contributed by atoms with van der Waals surface area (Å²) in [4.78, 5) is 11.5. The minimum Gasteiger partial charge on any atom is -0.394 e. The Morgan fingerprint density at radius 1 is 1.47 bits per heavy atom. The van der Waals surface area contributed by atoms with Gasteiger partial charge in [-0.3, -0.25) is 4.79 Å². The number of hydrogen-bond acceptors (Lipinski definition) is 3.